The maximum atomic E-state index is 12.8. The number of aromatic nitrogens is 1. The summed E-state index contributed by atoms with van der Waals surface area (Å²) in [5.41, 5.74) is 6.87. The van der Waals surface area contributed by atoms with Gasteiger partial charge in [0.1, 0.15) is 5.75 Å². The van der Waals surface area contributed by atoms with Gasteiger partial charge in [0.2, 0.25) is 0 Å². The van der Waals surface area contributed by atoms with Crippen LogP contribution in [0, 0.1) is 11.8 Å². The van der Waals surface area contributed by atoms with E-state index in [1.807, 2.05) is 0 Å². The zero-order valence-corrected chi connectivity index (χ0v) is 11.4. The van der Waals surface area contributed by atoms with E-state index in [4.69, 9.17) is 10.5 Å². The summed E-state index contributed by atoms with van der Waals surface area (Å²) in [4.78, 5) is 4.01. The van der Waals surface area contributed by atoms with E-state index in [0.29, 0.717) is 12.2 Å². The molecule has 1 aliphatic rings. The van der Waals surface area contributed by atoms with Crippen molar-refractivity contribution in [1.29, 1.82) is 0 Å². The van der Waals surface area contributed by atoms with Gasteiger partial charge < -0.3 is 10.5 Å². The van der Waals surface area contributed by atoms with Crippen molar-refractivity contribution in [3.63, 3.8) is 0 Å². The minimum absolute atomic E-state index is 0.0991. The summed E-state index contributed by atoms with van der Waals surface area (Å²) in [7, 11) is 1.52. The van der Waals surface area contributed by atoms with E-state index in [0.717, 1.165) is 12.0 Å². The Labute approximate surface area is 116 Å². The molecule has 0 bridgehead atoms. The fourth-order valence-corrected chi connectivity index (χ4v) is 2.85. The monoisotopic (exact) mass is 288 g/mol. The van der Waals surface area contributed by atoms with Crippen molar-refractivity contribution in [1.82, 2.24) is 4.98 Å². The topological polar surface area (TPSA) is 48.1 Å². The second-order valence-corrected chi connectivity index (χ2v) is 5.35. The van der Waals surface area contributed by atoms with Gasteiger partial charge in [-0.25, -0.2) is 0 Å². The Kier molecular flexibility index (Phi) is 4.52. The van der Waals surface area contributed by atoms with Gasteiger partial charge in [-0.1, -0.05) is 6.42 Å². The van der Waals surface area contributed by atoms with Crippen LogP contribution in [-0.4, -0.2) is 18.3 Å². The quantitative estimate of drug-likeness (QED) is 0.926. The molecule has 2 N–H and O–H groups in total. The van der Waals surface area contributed by atoms with E-state index in [1.54, 1.807) is 18.5 Å². The molecule has 6 heteroatoms. The molecule has 3 unspecified atom stereocenters. The maximum absolute atomic E-state index is 12.8. The largest absolute Gasteiger partial charge is 0.495 e. The summed E-state index contributed by atoms with van der Waals surface area (Å²) < 4.78 is 43.5. The molecule has 20 heavy (non-hydrogen) atoms. The van der Waals surface area contributed by atoms with Crippen molar-refractivity contribution in [2.45, 2.75) is 37.9 Å². The summed E-state index contributed by atoms with van der Waals surface area (Å²) in [5, 5.41) is 0. The number of hydrogen-bond donors (Lipinski definition) is 1. The number of nitrogens with zero attached hydrogens (tertiary/aromatic N) is 1. The lowest BCUT2D eigenvalue weighted by atomic mass is 9.76. The average Bonchev–Trinajstić information content (AvgIpc) is 2.46. The van der Waals surface area contributed by atoms with Gasteiger partial charge in [-0.3, -0.25) is 4.98 Å². The molecule has 2 rings (SSSR count). The highest BCUT2D eigenvalue weighted by Gasteiger charge is 2.43. The second kappa shape index (κ2) is 5.99. The Bertz CT molecular complexity index is 450. The molecule has 0 amide bonds. The summed E-state index contributed by atoms with van der Waals surface area (Å²) in [6.07, 6.45) is 0.640. The molecule has 1 saturated carbocycles. The lowest BCUT2D eigenvalue weighted by Crippen LogP contribution is -2.33. The number of alkyl halides is 3. The van der Waals surface area contributed by atoms with E-state index in [-0.39, 0.29) is 18.8 Å². The smallest absolute Gasteiger partial charge is 0.391 e. The molecule has 0 saturated heterocycles. The lowest BCUT2D eigenvalue weighted by molar-refractivity contribution is -0.186. The normalized spacial score (nSPS) is 25.2. The number of methoxy groups -OCH3 is 1. The molecule has 0 spiro atoms. The van der Waals surface area contributed by atoms with E-state index in [2.05, 4.69) is 4.98 Å². The average molecular weight is 288 g/mol. The molecule has 1 aromatic heterocycles. The van der Waals surface area contributed by atoms with Gasteiger partial charge in [0.05, 0.1) is 19.2 Å². The van der Waals surface area contributed by atoms with Crippen LogP contribution in [-0.2, 0) is 0 Å². The first-order chi connectivity index (χ1) is 9.41. The summed E-state index contributed by atoms with van der Waals surface area (Å²) >= 11 is 0. The molecule has 0 aromatic carbocycles. The fraction of sp³-hybridized carbons (Fsp3) is 0.643. The Hall–Kier alpha value is -1.30. The SMILES string of the molecule is COc1cncc(C(N)C2CCCC(C(F)(F)F)C2)c1. The van der Waals surface area contributed by atoms with Crippen molar-refractivity contribution in [3.05, 3.63) is 24.0 Å². The molecule has 1 heterocycles. The van der Waals surface area contributed by atoms with Crippen molar-refractivity contribution >= 4 is 0 Å². The van der Waals surface area contributed by atoms with Crippen molar-refractivity contribution in [3.8, 4) is 5.75 Å². The van der Waals surface area contributed by atoms with Crippen LogP contribution in [0.3, 0.4) is 0 Å². The molecule has 1 aliphatic carbocycles. The van der Waals surface area contributed by atoms with Crippen LogP contribution in [0.4, 0.5) is 13.2 Å². The number of hydrogen-bond acceptors (Lipinski definition) is 3. The molecule has 0 aliphatic heterocycles. The molecule has 1 fully saturated rings. The fourth-order valence-electron chi connectivity index (χ4n) is 2.85. The zero-order chi connectivity index (χ0) is 14.8. The van der Waals surface area contributed by atoms with Crippen LogP contribution in [0.15, 0.2) is 18.5 Å². The van der Waals surface area contributed by atoms with Gasteiger partial charge >= 0.3 is 6.18 Å². The lowest BCUT2D eigenvalue weighted by Gasteiger charge is -2.33. The number of pyridine rings is 1. The number of rotatable bonds is 3. The zero-order valence-electron chi connectivity index (χ0n) is 11.4. The molecule has 112 valence electrons. The summed E-state index contributed by atoms with van der Waals surface area (Å²) in [5.74, 6) is -0.823. The van der Waals surface area contributed by atoms with E-state index in [1.165, 1.54) is 7.11 Å². The number of nitrogens with two attached hydrogens (primary N) is 1. The summed E-state index contributed by atoms with van der Waals surface area (Å²) in [6.45, 7) is 0. The highest BCUT2D eigenvalue weighted by atomic mass is 19.4. The summed E-state index contributed by atoms with van der Waals surface area (Å²) in [6, 6.07) is 1.32. The Morgan fingerprint density at radius 1 is 1.35 bits per heavy atom. The Morgan fingerprint density at radius 2 is 2.10 bits per heavy atom. The van der Waals surface area contributed by atoms with Gasteiger partial charge in [-0.15, -0.1) is 0 Å². The van der Waals surface area contributed by atoms with Gasteiger partial charge in [0.15, 0.2) is 0 Å². The first-order valence-corrected chi connectivity index (χ1v) is 6.73. The van der Waals surface area contributed by atoms with Gasteiger partial charge in [0.25, 0.3) is 0 Å². The second-order valence-electron chi connectivity index (χ2n) is 5.35. The van der Waals surface area contributed by atoms with Crippen LogP contribution in [0.1, 0.15) is 37.3 Å². The van der Waals surface area contributed by atoms with Gasteiger partial charge in [0, 0.05) is 12.2 Å². The predicted octanol–water partition coefficient (Wildman–Crippen LogP) is 3.46. The molecular formula is C14H19F3N2O. The van der Waals surface area contributed by atoms with Crippen molar-refractivity contribution in [2.75, 3.05) is 7.11 Å². The molecular weight excluding hydrogens is 269 g/mol. The van der Waals surface area contributed by atoms with Crippen LogP contribution in [0.5, 0.6) is 5.75 Å². The van der Waals surface area contributed by atoms with Crippen molar-refractivity contribution in [2.24, 2.45) is 17.6 Å². The predicted molar refractivity (Wildman–Crippen MR) is 69.2 cm³/mol. The first kappa shape index (κ1) is 15.1. The maximum Gasteiger partial charge on any atom is 0.391 e. The minimum atomic E-state index is -4.12. The third-order valence-electron chi connectivity index (χ3n) is 4.04. The number of ether oxygens (including phenoxy) is 1. The van der Waals surface area contributed by atoms with E-state index >= 15 is 0 Å². The Morgan fingerprint density at radius 3 is 2.75 bits per heavy atom. The van der Waals surface area contributed by atoms with Gasteiger partial charge in [-0.2, -0.15) is 13.2 Å². The third-order valence-corrected chi connectivity index (χ3v) is 4.04. The molecule has 3 nitrogen and oxygen atoms in total. The molecule has 1 aromatic rings. The van der Waals surface area contributed by atoms with Gasteiger partial charge in [-0.05, 0) is 36.8 Å². The van der Waals surface area contributed by atoms with E-state index in [9.17, 15) is 13.2 Å². The molecule has 3 atom stereocenters. The van der Waals surface area contributed by atoms with Crippen LogP contribution < -0.4 is 10.5 Å². The van der Waals surface area contributed by atoms with Crippen LogP contribution in [0.25, 0.3) is 0 Å². The third kappa shape index (κ3) is 3.42. The van der Waals surface area contributed by atoms with E-state index < -0.39 is 18.1 Å². The standard InChI is InChI=1S/C14H19F3N2O/c1-20-12-6-10(7-19-8-12)13(18)9-3-2-4-11(5-9)14(15,16)17/h6-9,11,13H,2-5,18H2,1H3. The van der Waals surface area contributed by atoms with Crippen LogP contribution in [0.2, 0.25) is 0 Å². The highest BCUT2D eigenvalue weighted by molar-refractivity contribution is 5.26. The van der Waals surface area contributed by atoms with Crippen LogP contribution >= 0.6 is 0 Å². The highest BCUT2D eigenvalue weighted by Crippen LogP contribution is 2.43. The Balaban J connectivity index is 2.10. The molecule has 0 radical (unpaired) electrons. The van der Waals surface area contributed by atoms with Crippen molar-refractivity contribution < 1.29 is 17.9 Å². The minimum Gasteiger partial charge on any atom is -0.495 e. The first-order valence-electron chi connectivity index (χ1n) is 6.73. The number of halogens is 3.